The number of benzene rings is 3. The number of halogens is 2. The first-order valence-electron chi connectivity index (χ1n) is 9.35. The van der Waals surface area contributed by atoms with Gasteiger partial charge in [-0.15, -0.1) is 0 Å². The predicted octanol–water partition coefficient (Wildman–Crippen LogP) is 4.09. The van der Waals surface area contributed by atoms with E-state index >= 15 is 0 Å². The zero-order chi connectivity index (χ0) is 22.9. The molecule has 0 saturated carbocycles. The lowest BCUT2D eigenvalue weighted by Gasteiger charge is -2.06. The molecule has 0 unspecified atom stereocenters. The second-order valence-corrected chi connectivity index (χ2v) is 7.26. The summed E-state index contributed by atoms with van der Waals surface area (Å²) in [7, 11) is 0. The first-order chi connectivity index (χ1) is 15.4. The monoisotopic (exact) mass is 469 g/mol. The van der Waals surface area contributed by atoms with Gasteiger partial charge in [0.1, 0.15) is 5.75 Å². The summed E-state index contributed by atoms with van der Waals surface area (Å²) in [6.07, 6.45) is 1.42. The maximum absolute atomic E-state index is 12.2. The highest BCUT2D eigenvalue weighted by Crippen LogP contribution is 2.19. The summed E-state index contributed by atoms with van der Waals surface area (Å²) >= 11 is 11.8. The Labute approximate surface area is 194 Å². The number of amides is 2. The molecule has 0 heterocycles. The van der Waals surface area contributed by atoms with Crippen LogP contribution in [0, 0.1) is 0 Å². The highest BCUT2D eigenvalue weighted by Gasteiger charge is 2.12. The highest BCUT2D eigenvalue weighted by atomic mass is 35.5. The SMILES string of the molecule is O=C(CNC(=O)c1ccc(Cl)cc1)N/N=C/c1ccc(OC(=O)c2ccccc2Cl)cc1. The molecule has 0 aliphatic rings. The van der Waals surface area contributed by atoms with Gasteiger partial charge in [0.2, 0.25) is 0 Å². The second-order valence-electron chi connectivity index (χ2n) is 6.42. The van der Waals surface area contributed by atoms with Crippen molar-refractivity contribution in [1.82, 2.24) is 10.7 Å². The van der Waals surface area contributed by atoms with E-state index in [1.807, 2.05) is 0 Å². The lowest BCUT2D eigenvalue weighted by Crippen LogP contribution is -2.34. The molecular formula is C23H17Cl2N3O4. The first kappa shape index (κ1) is 23.0. The van der Waals surface area contributed by atoms with Gasteiger partial charge in [-0.25, -0.2) is 10.2 Å². The van der Waals surface area contributed by atoms with Crippen LogP contribution < -0.4 is 15.5 Å². The molecule has 9 heteroatoms. The van der Waals surface area contributed by atoms with Gasteiger partial charge >= 0.3 is 5.97 Å². The number of nitrogens with one attached hydrogen (secondary N) is 2. The molecule has 3 aromatic carbocycles. The fourth-order valence-corrected chi connectivity index (χ4v) is 2.83. The molecule has 3 rings (SSSR count). The molecule has 7 nitrogen and oxygen atoms in total. The van der Waals surface area contributed by atoms with Crippen LogP contribution in [0.5, 0.6) is 5.75 Å². The number of esters is 1. The van der Waals surface area contributed by atoms with Crippen LogP contribution >= 0.6 is 23.2 Å². The van der Waals surface area contributed by atoms with Crippen LogP contribution in [-0.2, 0) is 4.79 Å². The van der Waals surface area contributed by atoms with Crippen molar-refractivity contribution in [3.63, 3.8) is 0 Å². The van der Waals surface area contributed by atoms with E-state index < -0.39 is 17.8 Å². The summed E-state index contributed by atoms with van der Waals surface area (Å²) in [6, 6.07) is 19.4. The summed E-state index contributed by atoms with van der Waals surface area (Å²) in [5, 5.41) is 7.14. The Morgan fingerprint density at radius 2 is 1.59 bits per heavy atom. The van der Waals surface area contributed by atoms with Gasteiger partial charge in [0, 0.05) is 10.6 Å². The van der Waals surface area contributed by atoms with E-state index in [9.17, 15) is 14.4 Å². The smallest absolute Gasteiger partial charge is 0.345 e. The molecule has 0 bridgehead atoms. The molecule has 0 spiro atoms. The molecule has 0 aliphatic heterocycles. The van der Waals surface area contributed by atoms with Crippen molar-refractivity contribution in [2.45, 2.75) is 0 Å². The second kappa shape index (κ2) is 11.1. The average Bonchev–Trinajstić information content (AvgIpc) is 2.79. The fraction of sp³-hybridized carbons (Fsp3) is 0.0435. The quantitative estimate of drug-likeness (QED) is 0.235. The highest BCUT2D eigenvalue weighted by molar-refractivity contribution is 6.33. The molecule has 0 atom stereocenters. The Balaban J connectivity index is 1.45. The van der Waals surface area contributed by atoms with Gasteiger partial charge in [0.25, 0.3) is 11.8 Å². The Morgan fingerprint density at radius 3 is 2.28 bits per heavy atom. The van der Waals surface area contributed by atoms with E-state index in [-0.39, 0.29) is 12.1 Å². The number of hydrogen-bond acceptors (Lipinski definition) is 5. The molecule has 32 heavy (non-hydrogen) atoms. The average molecular weight is 470 g/mol. The van der Waals surface area contributed by atoms with Crippen molar-refractivity contribution in [2.24, 2.45) is 5.10 Å². The van der Waals surface area contributed by atoms with E-state index in [0.29, 0.717) is 26.9 Å². The minimum atomic E-state index is -0.565. The Morgan fingerprint density at radius 1 is 0.906 bits per heavy atom. The van der Waals surface area contributed by atoms with Crippen LogP contribution in [0.15, 0.2) is 77.9 Å². The Hall–Kier alpha value is -3.68. The van der Waals surface area contributed by atoms with Crippen molar-refractivity contribution in [3.8, 4) is 5.75 Å². The fourth-order valence-electron chi connectivity index (χ4n) is 2.49. The van der Waals surface area contributed by atoms with Gasteiger partial charge in [-0.2, -0.15) is 5.10 Å². The summed E-state index contributed by atoms with van der Waals surface area (Å²) < 4.78 is 5.29. The molecule has 3 aromatic rings. The minimum absolute atomic E-state index is 0.240. The third-order valence-electron chi connectivity index (χ3n) is 4.10. The van der Waals surface area contributed by atoms with Crippen LogP contribution in [0.3, 0.4) is 0 Å². The van der Waals surface area contributed by atoms with Crippen molar-refractivity contribution in [3.05, 3.63) is 99.5 Å². The van der Waals surface area contributed by atoms with Gasteiger partial charge in [-0.05, 0) is 66.2 Å². The Kier molecular flexibility index (Phi) is 7.96. The molecule has 0 aliphatic carbocycles. The topological polar surface area (TPSA) is 96.9 Å². The van der Waals surface area contributed by atoms with Crippen LogP contribution in [0.1, 0.15) is 26.3 Å². The standard InChI is InChI=1S/C23H17Cl2N3O4/c24-17-9-7-16(8-10-17)22(30)26-14-21(29)28-27-13-15-5-11-18(12-6-15)32-23(31)19-3-1-2-4-20(19)25/h1-13H,14H2,(H,26,30)(H,28,29)/b27-13+. The molecule has 0 fully saturated rings. The number of hydrogen-bond donors (Lipinski definition) is 2. The predicted molar refractivity (Wildman–Crippen MR) is 122 cm³/mol. The van der Waals surface area contributed by atoms with Crippen molar-refractivity contribution < 1.29 is 19.1 Å². The number of carbonyl (C=O) groups is 3. The van der Waals surface area contributed by atoms with E-state index in [0.717, 1.165) is 0 Å². The number of nitrogens with zero attached hydrogens (tertiary/aromatic N) is 1. The summed E-state index contributed by atoms with van der Waals surface area (Å²) in [5.41, 5.74) is 3.64. The van der Waals surface area contributed by atoms with Gasteiger partial charge in [-0.1, -0.05) is 35.3 Å². The maximum atomic E-state index is 12.2. The molecule has 2 amide bonds. The molecule has 0 radical (unpaired) electrons. The maximum Gasteiger partial charge on any atom is 0.345 e. The summed E-state index contributed by atoms with van der Waals surface area (Å²) in [4.78, 5) is 36.0. The number of ether oxygens (including phenoxy) is 1. The third kappa shape index (κ3) is 6.66. The van der Waals surface area contributed by atoms with Gasteiger partial charge in [0.15, 0.2) is 0 Å². The number of carbonyl (C=O) groups excluding carboxylic acids is 3. The molecule has 0 aromatic heterocycles. The molecular weight excluding hydrogens is 453 g/mol. The van der Waals surface area contributed by atoms with Crippen LogP contribution in [-0.4, -0.2) is 30.5 Å². The summed E-state index contributed by atoms with van der Waals surface area (Å²) in [6.45, 7) is -0.240. The van der Waals surface area contributed by atoms with Crippen molar-refractivity contribution in [2.75, 3.05) is 6.54 Å². The van der Waals surface area contributed by atoms with Crippen LogP contribution in [0.2, 0.25) is 10.0 Å². The van der Waals surface area contributed by atoms with Gasteiger partial charge in [-0.3, -0.25) is 9.59 Å². The number of rotatable bonds is 7. The zero-order valence-corrected chi connectivity index (χ0v) is 18.1. The minimum Gasteiger partial charge on any atom is -0.423 e. The van der Waals surface area contributed by atoms with Gasteiger partial charge in [0.05, 0.1) is 23.3 Å². The first-order valence-corrected chi connectivity index (χ1v) is 10.1. The van der Waals surface area contributed by atoms with Crippen LogP contribution in [0.4, 0.5) is 0 Å². The lowest BCUT2D eigenvalue weighted by molar-refractivity contribution is -0.120. The molecule has 162 valence electrons. The largest absolute Gasteiger partial charge is 0.423 e. The number of hydrazone groups is 1. The summed E-state index contributed by atoms with van der Waals surface area (Å²) in [5.74, 6) is -1.12. The Bertz CT molecular complexity index is 1150. The molecule has 0 saturated heterocycles. The van der Waals surface area contributed by atoms with E-state index in [1.54, 1.807) is 72.8 Å². The molecule has 2 N–H and O–H groups in total. The van der Waals surface area contributed by atoms with Crippen LogP contribution in [0.25, 0.3) is 0 Å². The van der Waals surface area contributed by atoms with E-state index in [1.165, 1.54) is 6.21 Å². The van der Waals surface area contributed by atoms with Gasteiger partial charge < -0.3 is 10.1 Å². The normalized spacial score (nSPS) is 10.6. The third-order valence-corrected chi connectivity index (χ3v) is 4.68. The van der Waals surface area contributed by atoms with Crippen molar-refractivity contribution in [1.29, 1.82) is 0 Å². The van der Waals surface area contributed by atoms with Crippen molar-refractivity contribution >= 4 is 47.2 Å². The lowest BCUT2D eigenvalue weighted by atomic mass is 10.2. The van der Waals surface area contributed by atoms with E-state index in [4.69, 9.17) is 27.9 Å². The van der Waals surface area contributed by atoms with E-state index in [2.05, 4.69) is 15.8 Å². The zero-order valence-electron chi connectivity index (χ0n) is 16.5.